The van der Waals surface area contributed by atoms with E-state index in [-0.39, 0.29) is 11.6 Å². The molecular weight excluding hydrogens is 228 g/mol. The molecule has 1 saturated carbocycles. The van der Waals surface area contributed by atoms with Gasteiger partial charge in [0.25, 0.3) is 0 Å². The molecule has 1 aliphatic carbocycles. The Morgan fingerprint density at radius 3 is 2.94 bits per heavy atom. The standard InChI is InChI=1S/C14H22N2O2/c1-15-10-13-6-5-12(18-13)9-14(16-11-17)7-3-2-4-8-14/h6,12,15H,2-5,7-10H2,1H3. The van der Waals surface area contributed by atoms with Crippen molar-refractivity contribution in [1.82, 2.24) is 5.32 Å². The average molecular weight is 250 g/mol. The lowest BCUT2D eigenvalue weighted by atomic mass is 9.78. The summed E-state index contributed by atoms with van der Waals surface area (Å²) in [5, 5.41) is 3.09. The zero-order valence-electron chi connectivity index (χ0n) is 11.1. The topological polar surface area (TPSA) is 50.7 Å². The number of aliphatic imine (C=N–C) groups is 1. The number of nitrogens with zero attached hydrogens (tertiary/aromatic N) is 1. The van der Waals surface area contributed by atoms with Gasteiger partial charge < -0.3 is 10.1 Å². The van der Waals surface area contributed by atoms with Gasteiger partial charge in [-0.2, -0.15) is 4.99 Å². The lowest BCUT2D eigenvalue weighted by Gasteiger charge is -2.34. The molecule has 0 amide bonds. The van der Waals surface area contributed by atoms with Crippen molar-refractivity contribution in [1.29, 1.82) is 0 Å². The smallest absolute Gasteiger partial charge is 0.235 e. The van der Waals surface area contributed by atoms with Crippen LogP contribution in [0.15, 0.2) is 16.8 Å². The number of carbonyl (C=O) groups excluding carboxylic acids is 1. The van der Waals surface area contributed by atoms with Crippen LogP contribution in [-0.4, -0.2) is 31.3 Å². The second kappa shape index (κ2) is 6.17. The summed E-state index contributed by atoms with van der Waals surface area (Å²) in [6, 6.07) is 0. The Labute approximate surface area is 109 Å². The van der Waals surface area contributed by atoms with E-state index in [9.17, 15) is 4.79 Å². The maximum absolute atomic E-state index is 10.7. The normalized spacial score (nSPS) is 26.1. The first kappa shape index (κ1) is 13.3. The Kier molecular flexibility index (Phi) is 4.56. The van der Waals surface area contributed by atoms with E-state index in [1.165, 1.54) is 6.42 Å². The molecule has 1 heterocycles. The van der Waals surface area contributed by atoms with Crippen LogP contribution in [-0.2, 0) is 9.53 Å². The van der Waals surface area contributed by atoms with Crippen LogP contribution in [0.4, 0.5) is 0 Å². The van der Waals surface area contributed by atoms with Gasteiger partial charge in [0, 0.05) is 12.8 Å². The molecule has 0 aromatic heterocycles. The van der Waals surface area contributed by atoms with Gasteiger partial charge in [0.05, 0.1) is 12.1 Å². The summed E-state index contributed by atoms with van der Waals surface area (Å²) in [6.07, 6.45) is 11.5. The van der Waals surface area contributed by atoms with Gasteiger partial charge in [-0.05, 0) is 26.0 Å². The molecule has 0 aromatic carbocycles. The number of hydrogen-bond acceptors (Lipinski definition) is 4. The second-order valence-electron chi connectivity index (χ2n) is 5.37. The SMILES string of the molecule is CNCC1=CCC(CC2(N=C=O)CCCCC2)O1. The molecule has 0 saturated heterocycles. The third-order valence-electron chi connectivity index (χ3n) is 3.95. The molecule has 18 heavy (non-hydrogen) atoms. The lowest BCUT2D eigenvalue weighted by molar-refractivity contribution is 0.0954. The van der Waals surface area contributed by atoms with Crippen molar-refractivity contribution in [3.63, 3.8) is 0 Å². The molecule has 0 bridgehead atoms. The highest BCUT2D eigenvalue weighted by molar-refractivity contribution is 5.35. The largest absolute Gasteiger partial charge is 0.493 e. The van der Waals surface area contributed by atoms with Crippen molar-refractivity contribution in [2.45, 2.75) is 56.6 Å². The Morgan fingerprint density at radius 1 is 1.50 bits per heavy atom. The van der Waals surface area contributed by atoms with Gasteiger partial charge in [0.15, 0.2) is 0 Å². The number of hydrogen-bond donors (Lipinski definition) is 1. The molecule has 2 aliphatic rings. The van der Waals surface area contributed by atoms with E-state index in [0.717, 1.165) is 50.8 Å². The van der Waals surface area contributed by atoms with Crippen molar-refractivity contribution < 1.29 is 9.53 Å². The van der Waals surface area contributed by atoms with Gasteiger partial charge in [-0.3, -0.25) is 0 Å². The fraction of sp³-hybridized carbons (Fsp3) is 0.786. The molecule has 1 unspecified atom stereocenters. The van der Waals surface area contributed by atoms with E-state index < -0.39 is 0 Å². The minimum atomic E-state index is -0.201. The van der Waals surface area contributed by atoms with Gasteiger partial charge in [-0.15, -0.1) is 0 Å². The Balaban J connectivity index is 1.93. The van der Waals surface area contributed by atoms with Gasteiger partial charge in [-0.25, -0.2) is 4.79 Å². The van der Waals surface area contributed by atoms with Crippen LogP contribution in [0.25, 0.3) is 0 Å². The third kappa shape index (κ3) is 3.21. The first-order valence-electron chi connectivity index (χ1n) is 6.87. The van der Waals surface area contributed by atoms with Crippen LogP contribution in [0.2, 0.25) is 0 Å². The molecule has 1 N–H and O–H groups in total. The highest BCUT2D eigenvalue weighted by atomic mass is 16.5. The maximum atomic E-state index is 10.7. The number of nitrogens with one attached hydrogen (secondary N) is 1. The third-order valence-corrected chi connectivity index (χ3v) is 3.95. The average Bonchev–Trinajstić information content (AvgIpc) is 2.78. The van der Waals surface area contributed by atoms with Crippen molar-refractivity contribution >= 4 is 6.08 Å². The number of isocyanates is 1. The molecule has 0 spiro atoms. The highest BCUT2D eigenvalue weighted by Gasteiger charge is 2.36. The lowest BCUT2D eigenvalue weighted by Crippen LogP contribution is -2.34. The molecule has 2 rings (SSSR count). The predicted octanol–water partition coefficient (Wildman–Crippen LogP) is 2.31. The summed E-state index contributed by atoms with van der Waals surface area (Å²) < 4.78 is 5.88. The van der Waals surface area contributed by atoms with Crippen molar-refractivity contribution in [2.75, 3.05) is 13.6 Å². The van der Waals surface area contributed by atoms with E-state index in [1.807, 2.05) is 7.05 Å². The van der Waals surface area contributed by atoms with E-state index in [2.05, 4.69) is 16.4 Å². The molecule has 4 nitrogen and oxygen atoms in total. The summed E-state index contributed by atoms with van der Waals surface area (Å²) in [6.45, 7) is 0.778. The molecule has 4 heteroatoms. The predicted molar refractivity (Wildman–Crippen MR) is 70.1 cm³/mol. The summed E-state index contributed by atoms with van der Waals surface area (Å²) >= 11 is 0. The van der Waals surface area contributed by atoms with Crippen LogP contribution in [0.5, 0.6) is 0 Å². The minimum absolute atomic E-state index is 0.184. The van der Waals surface area contributed by atoms with E-state index in [0.29, 0.717) is 0 Å². The van der Waals surface area contributed by atoms with Crippen LogP contribution < -0.4 is 5.32 Å². The molecule has 1 fully saturated rings. The first-order valence-corrected chi connectivity index (χ1v) is 6.87. The molecule has 0 radical (unpaired) electrons. The minimum Gasteiger partial charge on any atom is -0.493 e. The first-order chi connectivity index (χ1) is 8.78. The van der Waals surface area contributed by atoms with Crippen LogP contribution >= 0.6 is 0 Å². The van der Waals surface area contributed by atoms with E-state index in [4.69, 9.17) is 4.74 Å². The van der Waals surface area contributed by atoms with Crippen LogP contribution in [0.1, 0.15) is 44.9 Å². The Morgan fingerprint density at radius 2 is 2.28 bits per heavy atom. The van der Waals surface area contributed by atoms with E-state index in [1.54, 1.807) is 6.08 Å². The van der Waals surface area contributed by atoms with E-state index >= 15 is 0 Å². The highest BCUT2D eigenvalue weighted by Crippen LogP contribution is 2.37. The second-order valence-corrected chi connectivity index (χ2v) is 5.37. The quantitative estimate of drug-likeness (QED) is 0.601. The zero-order valence-corrected chi connectivity index (χ0v) is 11.1. The number of rotatable bonds is 5. The maximum Gasteiger partial charge on any atom is 0.235 e. The van der Waals surface area contributed by atoms with Crippen LogP contribution in [0.3, 0.4) is 0 Å². The molecule has 1 atom stereocenters. The van der Waals surface area contributed by atoms with Gasteiger partial charge in [-0.1, -0.05) is 19.3 Å². The van der Waals surface area contributed by atoms with Gasteiger partial charge in [0.1, 0.15) is 11.9 Å². The fourth-order valence-corrected chi connectivity index (χ4v) is 3.08. The number of likely N-dealkylation sites (N-methyl/N-ethyl adjacent to an activating group) is 1. The summed E-state index contributed by atoms with van der Waals surface area (Å²) in [5.41, 5.74) is -0.201. The van der Waals surface area contributed by atoms with Crippen molar-refractivity contribution in [3.8, 4) is 0 Å². The number of ether oxygens (including phenoxy) is 1. The van der Waals surface area contributed by atoms with Crippen LogP contribution in [0, 0.1) is 0 Å². The van der Waals surface area contributed by atoms with Gasteiger partial charge in [0.2, 0.25) is 6.08 Å². The summed E-state index contributed by atoms with van der Waals surface area (Å²) in [4.78, 5) is 14.8. The summed E-state index contributed by atoms with van der Waals surface area (Å²) in [7, 11) is 1.91. The Hall–Kier alpha value is -1.12. The monoisotopic (exact) mass is 250 g/mol. The van der Waals surface area contributed by atoms with Crippen molar-refractivity contribution in [2.24, 2.45) is 4.99 Å². The zero-order chi connectivity index (χ0) is 12.8. The summed E-state index contributed by atoms with van der Waals surface area (Å²) in [5.74, 6) is 1.02. The molecule has 1 aliphatic heterocycles. The molecule has 100 valence electrons. The van der Waals surface area contributed by atoms with Crippen molar-refractivity contribution in [3.05, 3.63) is 11.8 Å². The van der Waals surface area contributed by atoms with Gasteiger partial charge >= 0.3 is 0 Å². The Bertz CT molecular complexity index is 353. The molecule has 0 aromatic rings. The fourth-order valence-electron chi connectivity index (χ4n) is 3.08. The molecular formula is C14H22N2O2.